The summed E-state index contributed by atoms with van der Waals surface area (Å²) in [6, 6.07) is 5.04. The highest BCUT2D eigenvalue weighted by Crippen LogP contribution is 2.34. The van der Waals surface area contributed by atoms with Crippen molar-refractivity contribution in [3.8, 4) is 5.75 Å². The summed E-state index contributed by atoms with van der Waals surface area (Å²) < 4.78 is 5.19. The maximum atomic E-state index is 12.5. The number of amides is 1. The number of esters is 1. The van der Waals surface area contributed by atoms with Gasteiger partial charge in [-0.25, -0.2) is 4.79 Å². The first-order chi connectivity index (χ1) is 10.5. The summed E-state index contributed by atoms with van der Waals surface area (Å²) in [5.41, 5.74) is 0.688. The molecule has 1 aromatic rings. The number of hydrogen-bond acceptors (Lipinski definition) is 4. The van der Waals surface area contributed by atoms with Gasteiger partial charge in [0.15, 0.2) is 5.75 Å². The molecule has 0 radical (unpaired) electrons. The Hall–Kier alpha value is -1.75. The molecular weight excluding hydrogens is 304 g/mol. The van der Waals surface area contributed by atoms with E-state index in [0.717, 1.165) is 25.9 Å². The zero-order valence-corrected chi connectivity index (χ0v) is 13.7. The minimum Gasteiger partial charge on any atom is -0.423 e. The normalized spacial score (nSPS) is 13.6. The highest BCUT2D eigenvalue weighted by molar-refractivity contribution is 6.31. The van der Waals surface area contributed by atoms with Crippen molar-refractivity contribution in [2.75, 3.05) is 31.1 Å². The predicted molar refractivity (Wildman–Crippen MR) is 86.5 cm³/mol. The van der Waals surface area contributed by atoms with Crippen LogP contribution in [0.5, 0.6) is 5.75 Å². The third kappa shape index (κ3) is 3.91. The van der Waals surface area contributed by atoms with E-state index in [-0.39, 0.29) is 25.0 Å². The van der Waals surface area contributed by atoms with Gasteiger partial charge in [-0.15, -0.1) is 0 Å². The fourth-order valence-electron chi connectivity index (χ4n) is 2.53. The van der Waals surface area contributed by atoms with E-state index in [1.54, 1.807) is 23.1 Å². The highest BCUT2D eigenvalue weighted by atomic mass is 35.5. The van der Waals surface area contributed by atoms with Gasteiger partial charge in [0.25, 0.3) is 0 Å². The van der Waals surface area contributed by atoms with Crippen LogP contribution in [-0.4, -0.2) is 43.0 Å². The lowest BCUT2D eigenvalue weighted by Gasteiger charge is -2.31. The van der Waals surface area contributed by atoms with Crippen LogP contribution in [0.4, 0.5) is 5.69 Å². The molecule has 0 atom stereocenters. The van der Waals surface area contributed by atoms with Crippen LogP contribution in [0.15, 0.2) is 18.2 Å². The second-order valence-electron chi connectivity index (χ2n) is 5.32. The van der Waals surface area contributed by atoms with Gasteiger partial charge < -0.3 is 14.5 Å². The lowest BCUT2D eigenvalue weighted by molar-refractivity contribution is -0.133. The maximum absolute atomic E-state index is 12.5. The first-order valence-corrected chi connectivity index (χ1v) is 7.95. The molecule has 0 aromatic heterocycles. The zero-order chi connectivity index (χ0) is 16.1. The van der Waals surface area contributed by atoms with Gasteiger partial charge in [-0.1, -0.05) is 25.4 Å². The number of nitrogens with zero attached hydrogens (tertiary/aromatic N) is 2. The van der Waals surface area contributed by atoms with Gasteiger partial charge >= 0.3 is 5.97 Å². The van der Waals surface area contributed by atoms with Crippen LogP contribution < -0.4 is 9.64 Å². The fraction of sp³-hybridized carbons (Fsp3) is 0.500. The standard InChI is InChI=1S/C16H21ClN2O3/c1-3-7-18(8-4-2)15(20)10-19-11-16(21)22-14-6-5-12(17)9-13(14)19/h5-6,9H,3-4,7-8,10-11H2,1-2H3. The molecule has 0 fully saturated rings. The van der Waals surface area contributed by atoms with E-state index in [1.165, 1.54) is 0 Å². The first kappa shape index (κ1) is 16.6. The van der Waals surface area contributed by atoms with Crippen molar-refractivity contribution in [2.45, 2.75) is 26.7 Å². The molecular formula is C16H21ClN2O3. The van der Waals surface area contributed by atoms with Gasteiger partial charge in [0, 0.05) is 18.1 Å². The number of anilines is 1. The summed E-state index contributed by atoms with van der Waals surface area (Å²) in [6.07, 6.45) is 1.83. The molecule has 1 aliphatic heterocycles. The van der Waals surface area contributed by atoms with Gasteiger partial charge in [-0.3, -0.25) is 4.79 Å². The molecule has 0 N–H and O–H groups in total. The molecule has 1 aromatic carbocycles. The van der Waals surface area contributed by atoms with E-state index >= 15 is 0 Å². The minimum atomic E-state index is -0.361. The molecule has 2 rings (SSSR count). The second-order valence-corrected chi connectivity index (χ2v) is 5.76. The van der Waals surface area contributed by atoms with E-state index < -0.39 is 0 Å². The van der Waals surface area contributed by atoms with E-state index in [1.807, 2.05) is 18.7 Å². The molecule has 5 nitrogen and oxygen atoms in total. The molecule has 22 heavy (non-hydrogen) atoms. The van der Waals surface area contributed by atoms with Crippen molar-refractivity contribution in [3.63, 3.8) is 0 Å². The zero-order valence-electron chi connectivity index (χ0n) is 13.0. The average Bonchev–Trinajstić information content (AvgIpc) is 2.47. The number of rotatable bonds is 6. The predicted octanol–water partition coefficient (Wildman–Crippen LogP) is 2.71. The number of carbonyl (C=O) groups excluding carboxylic acids is 2. The van der Waals surface area contributed by atoms with Crippen LogP contribution in [-0.2, 0) is 9.59 Å². The third-order valence-corrected chi connectivity index (χ3v) is 3.71. The largest absolute Gasteiger partial charge is 0.423 e. The number of fused-ring (bicyclic) bond motifs is 1. The van der Waals surface area contributed by atoms with Gasteiger partial charge in [-0.2, -0.15) is 0 Å². The minimum absolute atomic E-state index is 0.0179. The van der Waals surface area contributed by atoms with E-state index in [2.05, 4.69) is 0 Å². The Balaban J connectivity index is 2.17. The first-order valence-electron chi connectivity index (χ1n) is 7.58. The van der Waals surface area contributed by atoms with Crippen LogP contribution in [0.2, 0.25) is 5.02 Å². The van der Waals surface area contributed by atoms with E-state index in [9.17, 15) is 9.59 Å². The fourth-order valence-corrected chi connectivity index (χ4v) is 2.69. The molecule has 120 valence electrons. The Morgan fingerprint density at radius 3 is 2.64 bits per heavy atom. The van der Waals surface area contributed by atoms with Crippen LogP contribution >= 0.6 is 11.6 Å². The molecule has 0 aliphatic carbocycles. The smallest absolute Gasteiger partial charge is 0.331 e. The highest BCUT2D eigenvalue weighted by Gasteiger charge is 2.27. The Morgan fingerprint density at radius 2 is 2.00 bits per heavy atom. The monoisotopic (exact) mass is 324 g/mol. The summed E-state index contributed by atoms with van der Waals surface area (Å²) in [5.74, 6) is 0.107. The molecule has 0 saturated carbocycles. The van der Waals surface area contributed by atoms with Crippen LogP contribution in [0.3, 0.4) is 0 Å². The van der Waals surface area contributed by atoms with Crippen LogP contribution in [0.25, 0.3) is 0 Å². The Kier molecular flexibility index (Phi) is 5.66. The number of halogens is 1. The van der Waals surface area contributed by atoms with Gasteiger partial charge in [0.2, 0.25) is 5.91 Å². The van der Waals surface area contributed by atoms with Crippen molar-refractivity contribution < 1.29 is 14.3 Å². The van der Waals surface area contributed by atoms with Gasteiger partial charge in [-0.05, 0) is 31.0 Å². The Bertz CT molecular complexity index is 556. The lowest BCUT2D eigenvalue weighted by Crippen LogP contribution is -2.45. The average molecular weight is 325 g/mol. The van der Waals surface area contributed by atoms with Crippen LogP contribution in [0.1, 0.15) is 26.7 Å². The number of carbonyl (C=O) groups is 2. The quantitative estimate of drug-likeness (QED) is 0.596. The summed E-state index contributed by atoms with van der Waals surface area (Å²) in [4.78, 5) is 27.8. The summed E-state index contributed by atoms with van der Waals surface area (Å²) in [6.45, 7) is 5.76. The molecule has 6 heteroatoms. The Labute approximate surface area is 135 Å². The third-order valence-electron chi connectivity index (χ3n) is 3.47. The molecule has 0 spiro atoms. The van der Waals surface area contributed by atoms with Gasteiger partial charge in [0.1, 0.15) is 6.54 Å². The molecule has 1 amide bonds. The summed E-state index contributed by atoms with van der Waals surface area (Å²) in [5, 5.41) is 0.549. The number of hydrogen-bond donors (Lipinski definition) is 0. The van der Waals surface area contributed by atoms with Gasteiger partial charge in [0.05, 0.1) is 12.2 Å². The second kappa shape index (κ2) is 7.49. The molecule has 1 heterocycles. The molecule has 0 bridgehead atoms. The molecule has 0 saturated heterocycles. The van der Waals surface area contributed by atoms with Crippen molar-refractivity contribution in [1.82, 2.24) is 4.90 Å². The topological polar surface area (TPSA) is 49.9 Å². The summed E-state index contributed by atoms with van der Waals surface area (Å²) in [7, 11) is 0. The van der Waals surface area contributed by atoms with Crippen molar-refractivity contribution >= 4 is 29.2 Å². The van der Waals surface area contributed by atoms with Crippen LogP contribution in [0, 0.1) is 0 Å². The van der Waals surface area contributed by atoms with Crippen molar-refractivity contribution in [1.29, 1.82) is 0 Å². The van der Waals surface area contributed by atoms with Crippen molar-refractivity contribution in [2.24, 2.45) is 0 Å². The van der Waals surface area contributed by atoms with E-state index in [0.29, 0.717) is 16.5 Å². The SMILES string of the molecule is CCCN(CCC)C(=O)CN1CC(=O)Oc2ccc(Cl)cc21. The van der Waals surface area contributed by atoms with E-state index in [4.69, 9.17) is 16.3 Å². The lowest BCUT2D eigenvalue weighted by atomic mass is 10.2. The number of ether oxygens (including phenoxy) is 1. The Morgan fingerprint density at radius 1 is 1.32 bits per heavy atom. The molecule has 1 aliphatic rings. The van der Waals surface area contributed by atoms with Crippen molar-refractivity contribution in [3.05, 3.63) is 23.2 Å². The summed E-state index contributed by atoms with van der Waals surface area (Å²) >= 11 is 6.01. The number of benzene rings is 1. The maximum Gasteiger partial charge on any atom is 0.331 e. The molecule has 0 unspecified atom stereocenters.